The number of H-pyrrole nitrogens is 1. The lowest BCUT2D eigenvalue weighted by Crippen LogP contribution is -2.52. The molecule has 3 aromatic heterocycles. The summed E-state index contributed by atoms with van der Waals surface area (Å²) in [5.41, 5.74) is 6.33. The van der Waals surface area contributed by atoms with E-state index in [9.17, 15) is 9.59 Å². The van der Waals surface area contributed by atoms with E-state index in [-0.39, 0.29) is 11.8 Å². The first-order chi connectivity index (χ1) is 20.4. The molecule has 3 aliphatic rings. The van der Waals surface area contributed by atoms with Crippen molar-refractivity contribution < 1.29 is 14.7 Å². The number of imidazole rings is 1. The largest absolute Gasteiger partial charge is 0.478 e. The smallest absolute Gasteiger partial charge is 0.327 e. The van der Waals surface area contributed by atoms with Crippen LogP contribution in [0.1, 0.15) is 84.0 Å². The van der Waals surface area contributed by atoms with Crippen LogP contribution >= 0.6 is 0 Å². The van der Waals surface area contributed by atoms with E-state index in [0.29, 0.717) is 17.9 Å². The molecule has 0 saturated heterocycles. The highest BCUT2D eigenvalue weighted by Gasteiger charge is 2.44. The molecule has 1 aromatic carbocycles. The number of carbonyl (C=O) groups is 2. The molecule has 1 unspecified atom stereocenters. The van der Waals surface area contributed by atoms with E-state index >= 15 is 0 Å². The van der Waals surface area contributed by atoms with Crippen molar-refractivity contribution in [1.29, 1.82) is 0 Å². The van der Waals surface area contributed by atoms with Crippen molar-refractivity contribution in [3.63, 3.8) is 0 Å². The highest BCUT2D eigenvalue weighted by molar-refractivity contribution is 6.00. The predicted octanol–water partition coefficient (Wildman–Crippen LogP) is 6.26. The second kappa shape index (κ2) is 10.4. The Labute approximate surface area is 244 Å². The molecule has 1 amide bonds. The summed E-state index contributed by atoms with van der Waals surface area (Å²) < 4.78 is 2.10. The zero-order valence-electron chi connectivity index (χ0n) is 23.8. The Kier molecular flexibility index (Phi) is 6.56. The van der Waals surface area contributed by atoms with Gasteiger partial charge in [0, 0.05) is 47.4 Å². The van der Waals surface area contributed by atoms with E-state index in [2.05, 4.69) is 25.9 Å². The number of hydrogen-bond donors (Lipinski definition) is 3. The number of benzene rings is 1. The lowest BCUT2D eigenvalue weighted by atomic mass is 9.75. The number of carbonyl (C=O) groups excluding carboxylic acids is 1. The Morgan fingerprint density at radius 3 is 2.69 bits per heavy atom. The number of fused-ring (bicyclic) bond motifs is 2. The lowest BCUT2D eigenvalue weighted by Gasteiger charge is -2.41. The summed E-state index contributed by atoms with van der Waals surface area (Å²) in [7, 11) is 2.00. The summed E-state index contributed by atoms with van der Waals surface area (Å²) in [6.45, 7) is 0. The SMILES string of the molecule is Cn1c(C2(NC(=O)c3ccc4c(C5CCCC5)c(-c5ccccn5)[nH]c4c3)CCC2)nc2c1CC(/C=C/C(=O)O)C=C2. The molecule has 0 aliphatic heterocycles. The maximum absolute atomic E-state index is 13.8. The van der Waals surface area contributed by atoms with Crippen LogP contribution in [0.2, 0.25) is 0 Å². The van der Waals surface area contributed by atoms with Gasteiger partial charge in [-0.2, -0.15) is 0 Å². The van der Waals surface area contributed by atoms with Crippen molar-refractivity contribution >= 4 is 28.9 Å². The van der Waals surface area contributed by atoms with E-state index in [4.69, 9.17) is 10.1 Å². The molecule has 4 aromatic rings. The number of nitrogens with zero attached hydrogens (tertiary/aromatic N) is 3. The van der Waals surface area contributed by atoms with Gasteiger partial charge in [0.2, 0.25) is 0 Å². The van der Waals surface area contributed by atoms with Gasteiger partial charge in [0.1, 0.15) is 5.82 Å². The number of aromatic amines is 1. The molecule has 214 valence electrons. The summed E-state index contributed by atoms with van der Waals surface area (Å²) in [6, 6.07) is 12.0. The molecule has 0 spiro atoms. The van der Waals surface area contributed by atoms with E-state index in [1.54, 1.807) is 6.08 Å². The number of aromatic nitrogens is 4. The molecule has 2 saturated carbocycles. The summed E-state index contributed by atoms with van der Waals surface area (Å²) in [4.78, 5) is 38.0. The van der Waals surface area contributed by atoms with Crippen LogP contribution in [0.3, 0.4) is 0 Å². The molecular weight excluding hydrogens is 526 g/mol. The summed E-state index contributed by atoms with van der Waals surface area (Å²) in [6.07, 6.45) is 16.9. The van der Waals surface area contributed by atoms with Crippen LogP contribution in [-0.2, 0) is 23.8 Å². The molecule has 3 aliphatic carbocycles. The van der Waals surface area contributed by atoms with Crippen molar-refractivity contribution in [2.45, 2.75) is 62.8 Å². The average Bonchev–Trinajstić information content (AvgIpc) is 3.72. The van der Waals surface area contributed by atoms with Gasteiger partial charge in [-0.25, -0.2) is 9.78 Å². The quantitative estimate of drug-likeness (QED) is 0.231. The second-order valence-corrected chi connectivity index (χ2v) is 12.0. The van der Waals surface area contributed by atoms with Gasteiger partial charge in [-0.15, -0.1) is 0 Å². The average molecular weight is 562 g/mol. The fourth-order valence-corrected chi connectivity index (χ4v) is 7.14. The second-order valence-electron chi connectivity index (χ2n) is 12.0. The van der Waals surface area contributed by atoms with Crippen molar-refractivity contribution in [3.05, 3.63) is 89.2 Å². The number of rotatable bonds is 7. The van der Waals surface area contributed by atoms with Gasteiger partial charge in [0.15, 0.2) is 0 Å². The number of allylic oxidation sites excluding steroid dienone is 2. The molecule has 3 heterocycles. The Hall–Kier alpha value is -4.46. The zero-order chi connectivity index (χ0) is 28.8. The zero-order valence-corrected chi connectivity index (χ0v) is 23.8. The minimum Gasteiger partial charge on any atom is -0.478 e. The predicted molar refractivity (Wildman–Crippen MR) is 162 cm³/mol. The fraction of sp³-hybridized carbons (Fsp3) is 0.353. The third-order valence-corrected chi connectivity index (χ3v) is 9.43. The van der Waals surface area contributed by atoms with Crippen LogP contribution in [0.4, 0.5) is 0 Å². The molecular formula is C34H35N5O3. The summed E-state index contributed by atoms with van der Waals surface area (Å²) in [5, 5.41) is 13.6. The van der Waals surface area contributed by atoms with Gasteiger partial charge < -0.3 is 20.0 Å². The van der Waals surface area contributed by atoms with Crippen molar-refractivity contribution in [1.82, 2.24) is 24.8 Å². The van der Waals surface area contributed by atoms with Gasteiger partial charge in [0.05, 0.1) is 22.6 Å². The number of carboxylic acids is 1. The fourth-order valence-electron chi connectivity index (χ4n) is 7.14. The van der Waals surface area contributed by atoms with Crippen molar-refractivity contribution in [3.8, 4) is 11.4 Å². The standard InChI is InChI=1S/C34H35N5O3/c1-39-28-19-21(11-15-29(40)41)10-14-25(28)37-33(39)34(16-6-17-34)38-32(42)23-12-13-24-27(20-23)36-31(26-9-4-5-18-35-26)30(24)22-7-2-3-8-22/h4-5,9-15,18,20-22,36H,2-3,6-8,16-17,19H2,1H3,(H,38,42)(H,40,41)/b15-11+. The number of pyridine rings is 1. The number of amides is 1. The first-order valence-corrected chi connectivity index (χ1v) is 15.0. The van der Waals surface area contributed by atoms with Crippen LogP contribution in [0.15, 0.2) is 60.8 Å². The first-order valence-electron chi connectivity index (χ1n) is 15.0. The monoisotopic (exact) mass is 561 g/mol. The Bertz CT molecular complexity index is 1740. The van der Waals surface area contributed by atoms with Crippen LogP contribution in [0.25, 0.3) is 28.4 Å². The minimum absolute atomic E-state index is 0.00130. The number of aliphatic carboxylic acids is 1. The highest BCUT2D eigenvalue weighted by Crippen LogP contribution is 2.44. The molecule has 1 atom stereocenters. The van der Waals surface area contributed by atoms with Gasteiger partial charge in [0.25, 0.3) is 5.91 Å². The third kappa shape index (κ3) is 4.55. The highest BCUT2D eigenvalue weighted by atomic mass is 16.4. The molecule has 0 radical (unpaired) electrons. The van der Waals surface area contributed by atoms with Crippen LogP contribution in [-0.4, -0.2) is 36.5 Å². The van der Waals surface area contributed by atoms with Crippen molar-refractivity contribution in [2.75, 3.05) is 0 Å². The van der Waals surface area contributed by atoms with E-state index in [1.807, 2.05) is 55.7 Å². The number of hydrogen-bond acceptors (Lipinski definition) is 4. The summed E-state index contributed by atoms with van der Waals surface area (Å²) >= 11 is 0. The normalized spacial score (nSPS) is 19.7. The minimum atomic E-state index is -0.948. The Balaban J connectivity index is 1.19. The van der Waals surface area contributed by atoms with Crippen LogP contribution in [0, 0.1) is 5.92 Å². The topological polar surface area (TPSA) is 113 Å². The van der Waals surface area contributed by atoms with E-state index in [1.165, 1.54) is 42.7 Å². The molecule has 42 heavy (non-hydrogen) atoms. The molecule has 8 heteroatoms. The lowest BCUT2D eigenvalue weighted by molar-refractivity contribution is -0.131. The number of carboxylic acid groups (broad SMARTS) is 1. The van der Waals surface area contributed by atoms with Crippen LogP contribution in [0.5, 0.6) is 0 Å². The van der Waals surface area contributed by atoms with Gasteiger partial charge in [-0.1, -0.05) is 37.1 Å². The maximum Gasteiger partial charge on any atom is 0.327 e. The van der Waals surface area contributed by atoms with Gasteiger partial charge >= 0.3 is 5.97 Å². The number of nitrogens with one attached hydrogen (secondary N) is 2. The van der Waals surface area contributed by atoms with Gasteiger partial charge in [-0.3, -0.25) is 9.78 Å². The van der Waals surface area contributed by atoms with Crippen LogP contribution < -0.4 is 5.32 Å². The Morgan fingerprint density at radius 2 is 1.98 bits per heavy atom. The molecule has 7 rings (SSSR count). The molecule has 0 bridgehead atoms. The van der Waals surface area contributed by atoms with Crippen molar-refractivity contribution in [2.24, 2.45) is 13.0 Å². The first kappa shape index (κ1) is 26.4. The molecule has 2 fully saturated rings. The summed E-state index contributed by atoms with van der Waals surface area (Å²) in [5.74, 6) is 0.308. The Morgan fingerprint density at radius 1 is 1.14 bits per heavy atom. The third-order valence-electron chi connectivity index (χ3n) is 9.43. The maximum atomic E-state index is 13.8. The van der Waals surface area contributed by atoms with E-state index < -0.39 is 11.5 Å². The molecule has 3 N–H and O–H groups in total. The molecule has 8 nitrogen and oxygen atoms in total. The van der Waals surface area contributed by atoms with E-state index in [0.717, 1.165) is 53.4 Å². The van der Waals surface area contributed by atoms with Gasteiger partial charge in [-0.05, 0) is 80.3 Å².